The lowest BCUT2D eigenvalue weighted by Gasteiger charge is -2.32. The van der Waals surface area contributed by atoms with Gasteiger partial charge in [-0.25, -0.2) is 0 Å². The number of anilines is 2. The Balaban J connectivity index is 2.01. The van der Waals surface area contributed by atoms with Crippen LogP contribution in [-0.4, -0.2) is 31.3 Å². The molecule has 0 heterocycles. The van der Waals surface area contributed by atoms with E-state index in [-0.39, 0.29) is 0 Å². The third kappa shape index (κ3) is 3.63. The first kappa shape index (κ1) is 14.2. The van der Waals surface area contributed by atoms with E-state index in [2.05, 4.69) is 49.4 Å². The Hall–Kier alpha value is -1.22. The number of aryl methyl sites for hydroxylation is 1. The third-order valence-electron chi connectivity index (χ3n) is 4.10. The molecule has 0 radical (unpaired) electrons. The van der Waals surface area contributed by atoms with Crippen molar-refractivity contribution in [1.29, 1.82) is 0 Å². The minimum absolute atomic E-state index is 0.512. The number of rotatable bonds is 4. The van der Waals surface area contributed by atoms with Crippen LogP contribution in [0.2, 0.25) is 0 Å². The molecule has 1 aromatic rings. The van der Waals surface area contributed by atoms with E-state index in [1.807, 2.05) is 0 Å². The first-order valence-electron chi connectivity index (χ1n) is 7.24. The molecule has 3 nitrogen and oxygen atoms in total. The Morgan fingerprint density at radius 1 is 1.21 bits per heavy atom. The molecule has 0 spiro atoms. The van der Waals surface area contributed by atoms with E-state index in [1.165, 1.54) is 17.7 Å². The smallest absolute Gasteiger partial charge is 0.0819 e. The molecule has 1 aliphatic carbocycles. The van der Waals surface area contributed by atoms with E-state index in [0.29, 0.717) is 6.54 Å². The normalized spacial score (nSPS) is 18.1. The summed E-state index contributed by atoms with van der Waals surface area (Å²) in [4.78, 5) is 2.12. The maximum atomic E-state index is 10.5. The van der Waals surface area contributed by atoms with Crippen molar-refractivity contribution in [2.75, 3.05) is 30.9 Å². The molecule has 106 valence electrons. The molecule has 1 saturated carbocycles. The van der Waals surface area contributed by atoms with Crippen molar-refractivity contribution >= 4 is 11.4 Å². The van der Waals surface area contributed by atoms with Crippen molar-refractivity contribution in [1.82, 2.24) is 0 Å². The summed E-state index contributed by atoms with van der Waals surface area (Å²) < 4.78 is 0. The van der Waals surface area contributed by atoms with Gasteiger partial charge in [-0.3, -0.25) is 0 Å². The largest absolute Gasteiger partial charge is 0.388 e. The average Bonchev–Trinajstić information content (AvgIpc) is 2.38. The van der Waals surface area contributed by atoms with Gasteiger partial charge in [0, 0.05) is 32.0 Å². The molecule has 1 aromatic carbocycles. The molecule has 2 N–H and O–H groups in total. The van der Waals surface area contributed by atoms with Crippen molar-refractivity contribution in [3.8, 4) is 0 Å². The zero-order valence-corrected chi connectivity index (χ0v) is 12.4. The molecule has 19 heavy (non-hydrogen) atoms. The van der Waals surface area contributed by atoms with Crippen molar-refractivity contribution in [2.24, 2.45) is 0 Å². The molecule has 0 bridgehead atoms. The van der Waals surface area contributed by atoms with E-state index in [1.54, 1.807) is 0 Å². The van der Waals surface area contributed by atoms with Crippen molar-refractivity contribution in [3.63, 3.8) is 0 Å². The van der Waals surface area contributed by atoms with Crippen LogP contribution >= 0.6 is 0 Å². The summed E-state index contributed by atoms with van der Waals surface area (Å²) in [6.45, 7) is 2.77. The highest BCUT2D eigenvalue weighted by molar-refractivity contribution is 5.61. The van der Waals surface area contributed by atoms with E-state index >= 15 is 0 Å². The van der Waals surface area contributed by atoms with Crippen molar-refractivity contribution in [3.05, 3.63) is 23.8 Å². The zero-order chi connectivity index (χ0) is 13.9. The summed E-state index contributed by atoms with van der Waals surface area (Å²) in [6, 6.07) is 6.37. The Morgan fingerprint density at radius 3 is 2.53 bits per heavy atom. The predicted molar refractivity (Wildman–Crippen MR) is 82.0 cm³/mol. The fourth-order valence-corrected chi connectivity index (χ4v) is 2.85. The standard InChI is InChI=1S/C16H26N2O/c1-13-7-8-14(11-15(13)18(2)3)17-12-16(19)9-5-4-6-10-16/h7-8,11,17,19H,4-6,9-10,12H2,1-3H3. The summed E-state index contributed by atoms with van der Waals surface area (Å²) in [5.41, 5.74) is 3.07. The van der Waals surface area contributed by atoms with E-state index in [0.717, 1.165) is 31.4 Å². The Morgan fingerprint density at radius 2 is 1.89 bits per heavy atom. The number of aliphatic hydroxyl groups is 1. The second kappa shape index (κ2) is 5.83. The van der Waals surface area contributed by atoms with E-state index in [9.17, 15) is 5.11 Å². The minimum atomic E-state index is -0.512. The van der Waals surface area contributed by atoms with Crippen LogP contribution in [0.3, 0.4) is 0 Å². The third-order valence-corrected chi connectivity index (χ3v) is 4.10. The van der Waals surface area contributed by atoms with Crippen LogP contribution in [0.1, 0.15) is 37.7 Å². The predicted octanol–water partition coefficient (Wildman–Crippen LogP) is 3.17. The highest BCUT2D eigenvalue weighted by Gasteiger charge is 2.28. The zero-order valence-electron chi connectivity index (χ0n) is 12.4. The highest BCUT2D eigenvalue weighted by atomic mass is 16.3. The molecule has 2 rings (SSSR count). The van der Waals surface area contributed by atoms with Crippen molar-refractivity contribution < 1.29 is 5.11 Å². The molecule has 0 amide bonds. The monoisotopic (exact) mass is 262 g/mol. The van der Waals surface area contributed by atoms with Crippen molar-refractivity contribution in [2.45, 2.75) is 44.6 Å². The van der Waals surface area contributed by atoms with Gasteiger partial charge in [0.1, 0.15) is 0 Å². The Bertz CT molecular complexity index is 423. The first-order chi connectivity index (χ1) is 9.00. The van der Waals surface area contributed by atoms with Gasteiger partial charge in [-0.1, -0.05) is 25.3 Å². The number of hydrogen-bond donors (Lipinski definition) is 2. The quantitative estimate of drug-likeness (QED) is 0.875. The maximum absolute atomic E-state index is 10.5. The number of nitrogens with one attached hydrogen (secondary N) is 1. The molecule has 0 saturated heterocycles. The molecule has 0 aromatic heterocycles. The van der Waals surface area contributed by atoms with Crippen LogP contribution in [0.25, 0.3) is 0 Å². The van der Waals surface area contributed by atoms with Crippen LogP contribution in [0.15, 0.2) is 18.2 Å². The maximum Gasteiger partial charge on any atom is 0.0819 e. The summed E-state index contributed by atoms with van der Waals surface area (Å²) in [6.07, 6.45) is 5.40. The van der Waals surface area contributed by atoms with E-state index in [4.69, 9.17) is 0 Å². The molecular formula is C16H26N2O. The van der Waals surface area contributed by atoms with Crippen LogP contribution < -0.4 is 10.2 Å². The average molecular weight is 262 g/mol. The van der Waals surface area contributed by atoms with Gasteiger partial charge in [-0.2, -0.15) is 0 Å². The second-order valence-electron chi connectivity index (χ2n) is 6.03. The van der Waals surface area contributed by atoms with Gasteiger partial charge in [-0.15, -0.1) is 0 Å². The van der Waals surface area contributed by atoms with Crippen LogP contribution in [0.5, 0.6) is 0 Å². The molecule has 0 aliphatic heterocycles. The minimum Gasteiger partial charge on any atom is -0.388 e. The SMILES string of the molecule is Cc1ccc(NCC2(O)CCCCC2)cc1N(C)C. The lowest BCUT2D eigenvalue weighted by atomic mass is 9.85. The number of benzene rings is 1. The molecular weight excluding hydrogens is 236 g/mol. The molecule has 1 aliphatic rings. The summed E-state index contributed by atoms with van der Waals surface area (Å²) in [7, 11) is 4.11. The topological polar surface area (TPSA) is 35.5 Å². The van der Waals surface area contributed by atoms with Gasteiger partial charge in [-0.05, 0) is 37.5 Å². The van der Waals surface area contributed by atoms with Gasteiger partial charge in [0.25, 0.3) is 0 Å². The number of nitrogens with zero attached hydrogens (tertiary/aromatic N) is 1. The molecule has 1 fully saturated rings. The van der Waals surface area contributed by atoms with Gasteiger partial charge in [0.15, 0.2) is 0 Å². The van der Waals surface area contributed by atoms with Gasteiger partial charge in [0.2, 0.25) is 0 Å². The lowest BCUT2D eigenvalue weighted by molar-refractivity contribution is 0.0167. The number of hydrogen-bond acceptors (Lipinski definition) is 3. The summed E-state index contributed by atoms with van der Waals surface area (Å²) >= 11 is 0. The summed E-state index contributed by atoms with van der Waals surface area (Å²) in [5, 5.41) is 13.9. The summed E-state index contributed by atoms with van der Waals surface area (Å²) in [5.74, 6) is 0. The highest BCUT2D eigenvalue weighted by Crippen LogP contribution is 2.29. The lowest BCUT2D eigenvalue weighted by Crippen LogP contribution is -2.38. The van der Waals surface area contributed by atoms with Crippen LogP contribution in [0, 0.1) is 6.92 Å². The fraction of sp³-hybridized carbons (Fsp3) is 0.625. The fourth-order valence-electron chi connectivity index (χ4n) is 2.85. The van der Waals surface area contributed by atoms with Gasteiger partial charge in [0.05, 0.1) is 5.60 Å². The van der Waals surface area contributed by atoms with Crippen LogP contribution in [-0.2, 0) is 0 Å². The Labute approximate surface area is 116 Å². The van der Waals surface area contributed by atoms with E-state index < -0.39 is 5.60 Å². The second-order valence-corrected chi connectivity index (χ2v) is 6.03. The first-order valence-corrected chi connectivity index (χ1v) is 7.24. The molecule has 0 atom stereocenters. The molecule has 0 unspecified atom stereocenters. The Kier molecular flexibility index (Phi) is 4.35. The molecule has 3 heteroatoms. The van der Waals surface area contributed by atoms with Gasteiger partial charge < -0.3 is 15.3 Å². The van der Waals surface area contributed by atoms with Gasteiger partial charge >= 0.3 is 0 Å². The van der Waals surface area contributed by atoms with Crippen LogP contribution in [0.4, 0.5) is 11.4 Å².